The highest BCUT2D eigenvalue weighted by Gasteiger charge is 2.15. The van der Waals surface area contributed by atoms with Crippen LogP contribution in [-0.4, -0.2) is 33.5 Å². The highest BCUT2D eigenvalue weighted by molar-refractivity contribution is 5.91. The summed E-state index contributed by atoms with van der Waals surface area (Å²) in [5.74, 6) is -0.949. The molecule has 0 unspecified atom stereocenters. The van der Waals surface area contributed by atoms with E-state index in [4.69, 9.17) is 10.8 Å². The molecule has 0 saturated heterocycles. The van der Waals surface area contributed by atoms with Gasteiger partial charge in [0.05, 0.1) is 11.9 Å². The first-order valence-electron chi connectivity index (χ1n) is 6.04. The number of carboxylic acid groups (broad SMARTS) is 1. The standard InChI is InChI=1S/C12H18N4O3/c1-7(2)11-15-6-8(10(16-11)12(18)19)14-5-3-4-9(13)17/h6-7,14H,3-5H2,1-2H3,(H2,13,17)(H,18,19). The maximum absolute atomic E-state index is 11.1. The van der Waals surface area contributed by atoms with Gasteiger partial charge in [0.15, 0.2) is 5.69 Å². The van der Waals surface area contributed by atoms with Crippen molar-refractivity contribution in [1.82, 2.24) is 9.97 Å². The van der Waals surface area contributed by atoms with Gasteiger partial charge in [0.2, 0.25) is 5.91 Å². The topological polar surface area (TPSA) is 118 Å². The lowest BCUT2D eigenvalue weighted by Gasteiger charge is -2.10. The number of anilines is 1. The van der Waals surface area contributed by atoms with Crippen LogP contribution in [0.25, 0.3) is 0 Å². The molecule has 0 spiro atoms. The van der Waals surface area contributed by atoms with Crippen molar-refractivity contribution in [3.05, 3.63) is 17.7 Å². The highest BCUT2D eigenvalue weighted by atomic mass is 16.4. The normalized spacial score (nSPS) is 10.5. The molecular weight excluding hydrogens is 248 g/mol. The highest BCUT2D eigenvalue weighted by Crippen LogP contribution is 2.16. The molecule has 1 heterocycles. The van der Waals surface area contributed by atoms with Gasteiger partial charge in [0.25, 0.3) is 0 Å². The van der Waals surface area contributed by atoms with Gasteiger partial charge in [0, 0.05) is 18.9 Å². The van der Waals surface area contributed by atoms with E-state index in [0.717, 1.165) is 0 Å². The third-order valence-electron chi connectivity index (χ3n) is 2.44. The zero-order chi connectivity index (χ0) is 14.4. The van der Waals surface area contributed by atoms with Crippen LogP contribution < -0.4 is 11.1 Å². The number of carbonyl (C=O) groups is 2. The first-order valence-corrected chi connectivity index (χ1v) is 6.04. The van der Waals surface area contributed by atoms with E-state index in [1.807, 2.05) is 13.8 Å². The Labute approximate surface area is 111 Å². The number of hydrogen-bond acceptors (Lipinski definition) is 5. The van der Waals surface area contributed by atoms with Crippen molar-refractivity contribution in [2.75, 3.05) is 11.9 Å². The van der Waals surface area contributed by atoms with Crippen LogP contribution >= 0.6 is 0 Å². The van der Waals surface area contributed by atoms with Crippen LogP contribution in [0.4, 0.5) is 5.69 Å². The lowest BCUT2D eigenvalue weighted by Crippen LogP contribution is -2.15. The number of aromatic nitrogens is 2. The largest absolute Gasteiger partial charge is 0.476 e. The van der Waals surface area contributed by atoms with Crippen molar-refractivity contribution in [3.63, 3.8) is 0 Å². The number of carboxylic acids is 1. The maximum atomic E-state index is 11.1. The molecule has 1 aromatic heterocycles. The number of aromatic carboxylic acids is 1. The molecule has 7 heteroatoms. The average Bonchev–Trinajstić information content (AvgIpc) is 2.34. The number of carbonyl (C=O) groups excluding carboxylic acids is 1. The molecule has 1 amide bonds. The van der Waals surface area contributed by atoms with E-state index in [9.17, 15) is 9.59 Å². The molecule has 19 heavy (non-hydrogen) atoms. The smallest absolute Gasteiger partial charge is 0.356 e. The Hall–Kier alpha value is -2.18. The average molecular weight is 266 g/mol. The summed E-state index contributed by atoms with van der Waals surface area (Å²) >= 11 is 0. The van der Waals surface area contributed by atoms with Crippen LogP contribution in [0, 0.1) is 0 Å². The molecule has 0 aromatic carbocycles. The summed E-state index contributed by atoms with van der Waals surface area (Å²) in [6, 6.07) is 0. The molecule has 1 aromatic rings. The van der Waals surface area contributed by atoms with Crippen molar-refractivity contribution < 1.29 is 14.7 Å². The Morgan fingerprint density at radius 3 is 2.68 bits per heavy atom. The first kappa shape index (κ1) is 14.9. The number of hydrogen-bond donors (Lipinski definition) is 3. The van der Waals surface area contributed by atoms with Crippen LogP contribution in [0.1, 0.15) is 48.9 Å². The Morgan fingerprint density at radius 1 is 1.47 bits per heavy atom. The van der Waals surface area contributed by atoms with Crippen LogP contribution in [-0.2, 0) is 4.79 Å². The lowest BCUT2D eigenvalue weighted by molar-refractivity contribution is -0.118. The first-order chi connectivity index (χ1) is 8.91. The summed E-state index contributed by atoms with van der Waals surface area (Å²) in [7, 11) is 0. The van der Waals surface area contributed by atoms with Crippen molar-refractivity contribution in [3.8, 4) is 0 Å². The number of nitrogens with two attached hydrogens (primary N) is 1. The van der Waals surface area contributed by atoms with Crippen LogP contribution in [0.2, 0.25) is 0 Å². The van der Waals surface area contributed by atoms with Gasteiger partial charge < -0.3 is 16.2 Å². The summed E-state index contributed by atoms with van der Waals surface area (Å²) < 4.78 is 0. The van der Waals surface area contributed by atoms with Gasteiger partial charge in [-0.05, 0) is 6.42 Å². The molecule has 0 aliphatic heterocycles. The fraction of sp³-hybridized carbons (Fsp3) is 0.500. The van der Waals surface area contributed by atoms with Gasteiger partial charge in [-0.1, -0.05) is 13.8 Å². The van der Waals surface area contributed by atoms with Crippen LogP contribution in [0.3, 0.4) is 0 Å². The molecule has 104 valence electrons. The van der Waals surface area contributed by atoms with Gasteiger partial charge in [-0.25, -0.2) is 14.8 Å². The van der Waals surface area contributed by atoms with E-state index in [2.05, 4.69) is 15.3 Å². The predicted molar refractivity (Wildman–Crippen MR) is 70.0 cm³/mol. The van der Waals surface area contributed by atoms with Gasteiger partial charge >= 0.3 is 5.97 Å². The van der Waals surface area contributed by atoms with Crippen LogP contribution in [0.15, 0.2) is 6.20 Å². The van der Waals surface area contributed by atoms with Gasteiger partial charge in [-0.15, -0.1) is 0 Å². The summed E-state index contributed by atoms with van der Waals surface area (Å²) in [5, 5.41) is 12.0. The Morgan fingerprint density at radius 2 is 2.16 bits per heavy atom. The zero-order valence-electron chi connectivity index (χ0n) is 11.0. The minimum absolute atomic E-state index is 0.0574. The summed E-state index contributed by atoms with van der Waals surface area (Å²) in [5.41, 5.74) is 5.31. The van der Waals surface area contributed by atoms with Crippen LogP contribution in [0.5, 0.6) is 0 Å². The molecule has 0 atom stereocenters. The molecule has 1 rings (SSSR count). The third kappa shape index (κ3) is 4.53. The minimum Gasteiger partial charge on any atom is -0.476 e. The van der Waals surface area contributed by atoms with Crippen molar-refractivity contribution in [1.29, 1.82) is 0 Å². The molecule has 0 aliphatic carbocycles. The molecule has 7 nitrogen and oxygen atoms in total. The minimum atomic E-state index is -1.11. The van der Waals surface area contributed by atoms with Gasteiger partial charge in [-0.2, -0.15) is 0 Å². The lowest BCUT2D eigenvalue weighted by atomic mass is 10.2. The second-order valence-electron chi connectivity index (χ2n) is 4.45. The quantitative estimate of drug-likeness (QED) is 0.633. The third-order valence-corrected chi connectivity index (χ3v) is 2.44. The van der Waals surface area contributed by atoms with Crippen molar-refractivity contribution in [2.24, 2.45) is 5.73 Å². The summed E-state index contributed by atoms with van der Waals surface area (Å²) in [6.45, 7) is 4.22. The fourth-order valence-electron chi connectivity index (χ4n) is 1.45. The van der Waals surface area contributed by atoms with E-state index in [-0.39, 0.29) is 23.9 Å². The van der Waals surface area contributed by atoms with Crippen molar-refractivity contribution in [2.45, 2.75) is 32.6 Å². The number of nitrogens with one attached hydrogen (secondary N) is 1. The monoisotopic (exact) mass is 266 g/mol. The van der Waals surface area contributed by atoms with E-state index >= 15 is 0 Å². The molecule has 0 fully saturated rings. The van der Waals surface area contributed by atoms with E-state index < -0.39 is 5.97 Å². The molecule has 0 bridgehead atoms. The SMILES string of the molecule is CC(C)c1ncc(NCCCC(N)=O)c(C(=O)O)n1. The summed E-state index contributed by atoms with van der Waals surface area (Å²) in [6.07, 6.45) is 2.23. The second kappa shape index (κ2) is 6.67. The fourth-order valence-corrected chi connectivity index (χ4v) is 1.45. The molecular formula is C12H18N4O3. The summed E-state index contributed by atoms with van der Waals surface area (Å²) in [4.78, 5) is 29.8. The zero-order valence-corrected chi connectivity index (χ0v) is 11.0. The number of rotatable bonds is 7. The van der Waals surface area contributed by atoms with E-state index in [1.165, 1.54) is 6.20 Å². The molecule has 0 saturated carbocycles. The molecule has 0 aliphatic rings. The second-order valence-corrected chi connectivity index (χ2v) is 4.45. The van der Waals surface area contributed by atoms with Crippen molar-refractivity contribution >= 4 is 17.6 Å². The number of nitrogens with zero attached hydrogens (tertiary/aromatic N) is 2. The predicted octanol–water partition coefficient (Wildman–Crippen LogP) is 0.976. The Kier molecular flexibility index (Phi) is 5.23. The number of primary amides is 1. The molecule has 4 N–H and O–H groups in total. The maximum Gasteiger partial charge on any atom is 0.356 e. The number of amides is 1. The van der Waals surface area contributed by atoms with E-state index in [1.54, 1.807) is 0 Å². The van der Waals surface area contributed by atoms with Gasteiger partial charge in [-0.3, -0.25) is 4.79 Å². The Bertz CT molecular complexity index is 474. The molecule has 0 radical (unpaired) electrons. The van der Waals surface area contributed by atoms with E-state index in [0.29, 0.717) is 24.5 Å². The Balaban J connectivity index is 2.77. The van der Waals surface area contributed by atoms with Gasteiger partial charge in [0.1, 0.15) is 5.82 Å².